The summed E-state index contributed by atoms with van der Waals surface area (Å²) in [5.41, 5.74) is 8.46. The third kappa shape index (κ3) is 3.55. The van der Waals surface area contributed by atoms with Crippen molar-refractivity contribution >= 4 is 34.7 Å². The number of benzene rings is 1. The lowest BCUT2D eigenvalue weighted by Crippen LogP contribution is -2.39. The quantitative estimate of drug-likeness (QED) is 0.341. The van der Waals surface area contributed by atoms with Gasteiger partial charge in [0.2, 0.25) is 5.82 Å². The van der Waals surface area contributed by atoms with Crippen molar-refractivity contribution in [1.29, 1.82) is 0 Å². The van der Waals surface area contributed by atoms with E-state index < -0.39 is 5.91 Å². The van der Waals surface area contributed by atoms with Gasteiger partial charge >= 0.3 is 0 Å². The monoisotopic (exact) mass is 459 g/mol. The van der Waals surface area contributed by atoms with E-state index in [0.717, 1.165) is 11.3 Å². The normalized spacial score (nSPS) is 14.0. The maximum atomic E-state index is 12.9. The van der Waals surface area contributed by atoms with Gasteiger partial charge in [0.1, 0.15) is 11.4 Å². The summed E-state index contributed by atoms with van der Waals surface area (Å²) in [7, 11) is 0. The number of pyridine rings is 1. The molecule has 1 aromatic carbocycles. The number of nitrogens with zero attached hydrogens (tertiary/aromatic N) is 5. The Bertz CT molecular complexity index is 1440. The van der Waals surface area contributed by atoms with Crippen LogP contribution in [0.5, 0.6) is 11.6 Å². The summed E-state index contributed by atoms with van der Waals surface area (Å²) in [6.07, 6.45) is 3.19. The molecule has 0 unspecified atom stereocenters. The maximum absolute atomic E-state index is 12.9. The van der Waals surface area contributed by atoms with E-state index in [9.17, 15) is 9.59 Å². The number of nitrogens with one attached hydrogen (secondary N) is 4. The van der Waals surface area contributed by atoms with E-state index in [1.807, 2.05) is 12.1 Å². The number of carbonyl (C=O) groups excluding carboxylic acids is 2. The lowest BCUT2D eigenvalue weighted by Gasteiger charge is -2.18. The van der Waals surface area contributed by atoms with Crippen molar-refractivity contribution in [3.8, 4) is 11.6 Å². The minimum absolute atomic E-state index is 0.0130. The summed E-state index contributed by atoms with van der Waals surface area (Å²) in [5.74, 6) is 0.735. The highest BCUT2D eigenvalue weighted by Crippen LogP contribution is 2.29. The summed E-state index contributed by atoms with van der Waals surface area (Å²) in [4.78, 5) is 39.0. The molecule has 13 nitrogen and oxygen atoms in total. The molecule has 0 fully saturated rings. The second-order valence-electron chi connectivity index (χ2n) is 7.43. The number of hydrazine groups is 2. The molecule has 5 heterocycles. The Kier molecular flexibility index (Phi) is 4.59. The number of hydrogen-bond acceptors (Lipinski definition) is 10. The van der Waals surface area contributed by atoms with E-state index in [1.165, 1.54) is 15.8 Å². The predicted octanol–water partition coefficient (Wildman–Crippen LogP) is 1.03. The molecule has 2 aliphatic heterocycles. The molecule has 4 N–H and O–H groups in total. The molecule has 6 rings (SSSR count). The fraction of sp³-hybridized carbons (Fsp3) is 0.0952. The van der Waals surface area contributed by atoms with Gasteiger partial charge in [-0.2, -0.15) is 9.61 Å². The average molecular weight is 459 g/mol. The zero-order chi connectivity index (χ0) is 23.1. The minimum atomic E-state index is -0.405. The number of aromatic nitrogens is 4. The largest absolute Gasteiger partial charge is 0.482 e. The highest BCUT2D eigenvalue weighted by molar-refractivity contribution is 5.95. The summed E-state index contributed by atoms with van der Waals surface area (Å²) in [6.45, 7) is 0.208. The third-order valence-corrected chi connectivity index (χ3v) is 5.15. The smallest absolute Gasteiger partial charge is 0.270 e. The van der Waals surface area contributed by atoms with Crippen LogP contribution in [0.25, 0.3) is 5.65 Å². The Morgan fingerprint density at radius 1 is 1.18 bits per heavy atom. The molecule has 170 valence electrons. The molecule has 0 spiro atoms. The van der Waals surface area contributed by atoms with Gasteiger partial charge in [-0.3, -0.25) is 15.0 Å². The first-order valence-corrected chi connectivity index (χ1v) is 10.3. The van der Waals surface area contributed by atoms with Crippen molar-refractivity contribution in [2.75, 3.05) is 22.5 Å². The second-order valence-corrected chi connectivity index (χ2v) is 7.43. The highest BCUT2D eigenvalue weighted by Gasteiger charge is 2.24. The maximum Gasteiger partial charge on any atom is 0.270 e. The zero-order valence-corrected chi connectivity index (χ0v) is 17.5. The number of carbonyl (C=O) groups is 2. The van der Waals surface area contributed by atoms with Gasteiger partial charge in [-0.1, -0.05) is 11.2 Å². The molecular weight excluding hydrogens is 442 g/mol. The van der Waals surface area contributed by atoms with Crippen LogP contribution in [0.15, 0.2) is 54.9 Å². The van der Waals surface area contributed by atoms with Crippen LogP contribution in [0.2, 0.25) is 0 Å². The first-order valence-electron chi connectivity index (χ1n) is 10.3. The lowest BCUT2D eigenvalue weighted by atomic mass is 10.1. The SMILES string of the molecule is O=C1COc2ccc(CNC(=O)c3cc(ON4NNc5cccnc54)n4nccc4n3)cc2N1. The Balaban J connectivity index is 1.22. The van der Waals surface area contributed by atoms with E-state index in [-0.39, 0.29) is 30.6 Å². The van der Waals surface area contributed by atoms with Crippen molar-refractivity contribution in [3.63, 3.8) is 0 Å². The van der Waals surface area contributed by atoms with Crippen molar-refractivity contribution in [2.24, 2.45) is 0 Å². The van der Waals surface area contributed by atoms with E-state index in [1.54, 1.807) is 36.7 Å². The number of ether oxygens (including phenoxy) is 1. The number of amides is 2. The third-order valence-electron chi connectivity index (χ3n) is 5.15. The molecule has 2 amide bonds. The van der Waals surface area contributed by atoms with Crippen molar-refractivity contribution in [2.45, 2.75) is 6.54 Å². The Morgan fingerprint density at radius 2 is 2.12 bits per heavy atom. The molecule has 3 aromatic heterocycles. The van der Waals surface area contributed by atoms with Gasteiger partial charge in [-0.15, -0.1) is 5.53 Å². The molecule has 0 radical (unpaired) electrons. The first-order chi connectivity index (χ1) is 16.6. The van der Waals surface area contributed by atoms with Crippen molar-refractivity contribution < 1.29 is 19.2 Å². The van der Waals surface area contributed by atoms with Gasteiger partial charge < -0.3 is 20.2 Å². The zero-order valence-electron chi connectivity index (χ0n) is 17.5. The second kappa shape index (κ2) is 7.90. The van der Waals surface area contributed by atoms with Crippen LogP contribution in [-0.4, -0.2) is 38.0 Å². The Hall–Kier alpha value is -4.91. The van der Waals surface area contributed by atoms with Gasteiger partial charge in [-0.25, -0.2) is 9.97 Å². The topological polar surface area (TPSA) is 147 Å². The van der Waals surface area contributed by atoms with Crippen LogP contribution in [0.1, 0.15) is 16.1 Å². The predicted molar refractivity (Wildman–Crippen MR) is 119 cm³/mol. The minimum Gasteiger partial charge on any atom is -0.482 e. The number of anilines is 3. The van der Waals surface area contributed by atoms with E-state index >= 15 is 0 Å². The van der Waals surface area contributed by atoms with Crippen LogP contribution in [0, 0.1) is 0 Å². The molecular formula is C21H17N9O4. The van der Waals surface area contributed by atoms with Crippen LogP contribution < -0.4 is 36.3 Å². The van der Waals surface area contributed by atoms with Gasteiger partial charge in [0, 0.05) is 24.9 Å². The molecule has 0 atom stereocenters. The fourth-order valence-corrected chi connectivity index (χ4v) is 3.56. The molecule has 0 saturated carbocycles. The summed E-state index contributed by atoms with van der Waals surface area (Å²) >= 11 is 0. The highest BCUT2D eigenvalue weighted by atomic mass is 16.7. The number of hydrogen-bond donors (Lipinski definition) is 4. The summed E-state index contributed by atoms with van der Waals surface area (Å²) < 4.78 is 6.82. The average Bonchev–Trinajstić information content (AvgIpc) is 3.49. The van der Waals surface area contributed by atoms with Crippen LogP contribution in [0.4, 0.5) is 17.2 Å². The van der Waals surface area contributed by atoms with Crippen LogP contribution >= 0.6 is 0 Å². The van der Waals surface area contributed by atoms with Gasteiger partial charge in [0.15, 0.2) is 12.3 Å². The van der Waals surface area contributed by atoms with Crippen LogP contribution in [0.3, 0.4) is 0 Å². The molecule has 2 aliphatic rings. The first kappa shape index (κ1) is 19.8. The Morgan fingerprint density at radius 3 is 3.06 bits per heavy atom. The van der Waals surface area contributed by atoms with Gasteiger partial charge in [-0.05, 0) is 29.8 Å². The molecule has 13 heteroatoms. The van der Waals surface area contributed by atoms with Gasteiger partial charge in [0.05, 0.1) is 17.6 Å². The molecule has 0 aliphatic carbocycles. The molecule has 0 bridgehead atoms. The van der Waals surface area contributed by atoms with E-state index in [2.05, 4.69) is 36.7 Å². The summed E-state index contributed by atoms with van der Waals surface area (Å²) in [6, 6.07) is 12.1. The van der Waals surface area contributed by atoms with Crippen molar-refractivity contribution in [3.05, 3.63) is 66.1 Å². The Labute approximate surface area is 191 Å². The summed E-state index contributed by atoms with van der Waals surface area (Å²) in [5, 5.41) is 11.1. The number of fused-ring (bicyclic) bond motifs is 3. The van der Waals surface area contributed by atoms with Crippen LogP contribution in [-0.2, 0) is 11.3 Å². The fourth-order valence-electron chi connectivity index (χ4n) is 3.56. The standard InChI is InChI=1S/C21H17N9O4/c31-18-11-33-16-4-3-12(8-14(16)26-18)10-23-21(32)15-9-19(29-17(25-15)5-7-24-29)34-30-20-13(27-28-30)2-1-6-22-20/h1-9,27-28H,10-11H2,(H,23,32)(H,26,31). The van der Waals surface area contributed by atoms with Gasteiger partial charge in [0.25, 0.3) is 17.7 Å². The van der Waals surface area contributed by atoms with Crippen molar-refractivity contribution in [1.82, 2.24) is 30.4 Å². The molecule has 4 aromatic rings. The number of rotatable bonds is 5. The van der Waals surface area contributed by atoms with E-state index in [0.29, 0.717) is 22.9 Å². The lowest BCUT2D eigenvalue weighted by molar-refractivity contribution is -0.118. The van der Waals surface area contributed by atoms with E-state index in [4.69, 9.17) is 9.57 Å². The molecule has 34 heavy (non-hydrogen) atoms. The molecule has 0 saturated heterocycles.